The SMILES string of the molecule is O=[N+]([O-])c1ccc2ncnc(NCC[C@@H]3CCCN3)c2c1. The lowest BCUT2D eigenvalue weighted by atomic mass is 10.1. The largest absolute Gasteiger partial charge is 0.369 e. The van der Waals surface area contributed by atoms with E-state index in [9.17, 15) is 10.1 Å². The number of benzene rings is 1. The van der Waals surface area contributed by atoms with Gasteiger partial charge < -0.3 is 10.6 Å². The monoisotopic (exact) mass is 287 g/mol. The second-order valence-electron chi connectivity index (χ2n) is 5.19. The first kappa shape index (κ1) is 13.7. The molecule has 3 rings (SSSR count). The van der Waals surface area contributed by atoms with Crippen LogP contribution in [-0.4, -0.2) is 34.0 Å². The number of rotatable bonds is 5. The first-order valence-corrected chi connectivity index (χ1v) is 7.10. The lowest BCUT2D eigenvalue weighted by molar-refractivity contribution is -0.384. The fraction of sp³-hybridized carbons (Fsp3) is 0.429. The van der Waals surface area contributed by atoms with Gasteiger partial charge in [0.1, 0.15) is 12.1 Å². The molecular weight excluding hydrogens is 270 g/mol. The molecule has 2 aromatic rings. The van der Waals surface area contributed by atoms with Crippen LogP contribution in [0.2, 0.25) is 0 Å². The number of fused-ring (bicyclic) bond motifs is 1. The van der Waals surface area contributed by atoms with Crippen LogP contribution in [-0.2, 0) is 0 Å². The van der Waals surface area contributed by atoms with Crippen LogP contribution in [0.1, 0.15) is 19.3 Å². The highest BCUT2D eigenvalue weighted by atomic mass is 16.6. The average Bonchev–Trinajstić information content (AvgIpc) is 3.00. The first-order valence-electron chi connectivity index (χ1n) is 7.10. The summed E-state index contributed by atoms with van der Waals surface area (Å²) in [5.74, 6) is 0.654. The Balaban J connectivity index is 1.76. The van der Waals surface area contributed by atoms with Crippen molar-refractivity contribution in [1.82, 2.24) is 15.3 Å². The molecule has 1 aliphatic heterocycles. The number of nitrogens with zero attached hydrogens (tertiary/aromatic N) is 3. The molecule has 1 aromatic carbocycles. The first-order chi connectivity index (χ1) is 10.2. The van der Waals surface area contributed by atoms with Crippen molar-refractivity contribution < 1.29 is 4.92 Å². The van der Waals surface area contributed by atoms with Crippen LogP contribution in [0, 0.1) is 10.1 Å². The van der Waals surface area contributed by atoms with E-state index in [2.05, 4.69) is 20.6 Å². The van der Waals surface area contributed by atoms with Crippen molar-refractivity contribution in [2.45, 2.75) is 25.3 Å². The number of anilines is 1. The molecule has 2 heterocycles. The second-order valence-corrected chi connectivity index (χ2v) is 5.19. The van der Waals surface area contributed by atoms with E-state index in [1.54, 1.807) is 6.07 Å². The van der Waals surface area contributed by atoms with Gasteiger partial charge in [0.15, 0.2) is 0 Å². The van der Waals surface area contributed by atoms with Gasteiger partial charge in [-0.15, -0.1) is 0 Å². The Bertz CT molecular complexity index is 655. The Morgan fingerprint density at radius 1 is 1.43 bits per heavy atom. The highest BCUT2D eigenvalue weighted by Crippen LogP contribution is 2.24. The molecule has 0 amide bonds. The molecule has 1 fully saturated rings. The Kier molecular flexibility index (Phi) is 3.92. The standard InChI is InChI=1S/C14H17N5O2/c20-19(21)11-3-4-13-12(8-11)14(18-9-17-13)16-7-5-10-2-1-6-15-10/h3-4,8-10,15H,1-2,5-7H2,(H,16,17,18)/t10-/m0/s1. The van der Waals surface area contributed by atoms with Gasteiger partial charge in [0.05, 0.1) is 10.4 Å². The molecule has 2 N–H and O–H groups in total. The number of nitrogens with one attached hydrogen (secondary N) is 2. The third kappa shape index (κ3) is 3.08. The number of hydrogen-bond donors (Lipinski definition) is 2. The number of aromatic nitrogens is 2. The zero-order chi connectivity index (χ0) is 14.7. The van der Waals surface area contributed by atoms with Gasteiger partial charge in [-0.05, 0) is 31.9 Å². The maximum atomic E-state index is 10.9. The molecule has 0 spiro atoms. The van der Waals surface area contributed by atoms with Crippen molar-refractivity contribution in [3.05, 3.63) is 34.6 Å². The summed E-state index contributed by atoms with van der Waals surface area (Å²) in [5, 5.41) is 18.3. The van der Waals surface area contributed by atoms with Crippen LogP contribution >= 0.6 is 0 Å². The summed E-state index contributed by atoms with van der Waals surface area (Å²) >= 11 is 0. The topological polar surface area (TPSA) is 93.0 Å². The van der Waals surface area contributed by atoms with Gasteiger partial charge >= 0.3 is 0 Å². The number of non-ortho nitro benzene ring substituents is 1. The van der Waals surface area contributed by atoms with E-state index in [1.165, 1.54) is 31.3 Å². The summed E-state index contributed by atoms with van der Waals surface area (Å²) in [6, 6.07) is 5.19. The minimum Gasteiger partial charge on any atom is -0.369 e. The molecule has 0 bridgehead atoms. The summed E-state index contributed by atoms with van der Waals surface area (Å²) in [6.07, 6.45) is 4.93. The van der Waals surface area contributed by atoms with Crippen molar-refractivity contribution in [2.75, 3.05) is 18.4 Å². The molecule has 110 valence electrons. The molecule has 0 saturated carbocycles. The summed E-state index contributed by atoms with van der Waals surface area (Å²) in [4.78, 5) is 18.8. The van der Waals surface area contributed by atoms with Gasteiger partial charge in [-0.1, -0.05) is 0 Å². The van der Waals surface area contributed by atoms with E-state index in [1.807, 2.05) is 0 Å². The van der Waals surface area contributed by atoms with Crippen LogP contribution in [0.25, 0.3) is 10.9 Å². The normalized spacial score (nSPS) is 18.0. The Hall–Kier alpha value is -2.28. The van der Waals surface area contributed by atoms with Crippen LogP contribution < -0.4 is 10.6 Å². The molecule has 0 aliphatic carbocycles. The van der Waals surface area contributed by atoms with Gasteiger partial charge in [0, 0.05) is 30.1 Å². The van der Waals surface area contributed by atoms with E-state index < -0.39 is 4.92 Å². The fourth-order valence-corrected chi connectivity index (χ4v) is 2.67. The highest BCUT2D eigenvalue weighted by Gasteiger charge is 2.14. The average molecular weight is 287 g/mol. The lowest BCUT2D eigenvalue weighted by Gasteiger charge is -2.12. The summed E-state index contributed by atoms with van der Waals surface area (Å²) in [7, 11) is 0. The van der Waals surface area contributed by atoms with Gasteiger partial charge in [0.2, 0.25) is 0 Å². The highest BCUT2D eigenvalue weighted by molar-refractivity contribution is 5.90. The Morgan fingerprint density at radius 3 is 3.10 bits per heavy atom. The predicted octanol–water partition coefficient (Wildman–Crippen LogP) is 2.09. The Morgan fingerprint density at radius 2 is 2.33 bits per heavy atom. The van der Waals surface area contributed by atoms with Gasteiger partial charge in [0.25, 0.3) is 5.69 Å². The number of hydrogen-bond acceptors (Lipinski definition) is 6. The molecular formula is C14H17N5O2. The maximum absolute atomic E-state index is 10.9. The molecule has 1 atom stereocenters. The smallest absolute Gasteiger partial charge is 0.270 e. The van der Waals surface area contributed by atoms with E-state index >= 15 is 0 Å². The summed E-state index contributed by atoms with van der Waals surface area (Å²) in [5.41, 5.74) is 0.759. The zero-order valence-corrected chi connectivity index (χ0v) is 11.6. The van der Waals surface area contributed by atoms with Crippen molar-refractivity contribution in [2.24, 2.45) is 0 Å². The Labute approximate surface area is 121 Å². The van der Waals surface area contributed by atoms with Crippen molar-refractivity contribution in [1.29, 1.82) is 0 Å². The number of nitro benzene ring substituents is 1. The van der Waals surface area contributed by atoms with Crippen molar-refractivity contribution in [3.63, 3.8) is 0 Å². The second kappa shape index (κ2) is 6.01. The molecule has 1 aliphatic rings. The third-order valence-electron chi connectivity index (χ3n) is 3.78. The molecule has 1 aromatic heterocycles. The van der Waals surface area contributed by atoms with Crippen LogP contribution in [0.5, 0.6) is 0 Å². The van der Waals surface area contributed by atoms with E-state index in [0.717, 1.165) is 19.5 Å². The van der Waals surface area contributed by atoms with E-state index in [4.69, 9.17) is 0 Å². The van der Waals surface area contributed by atoms with E-state index in [0.29, 0.717) is 22.8 Å². The van der Waals surface area contributed by atoms with E-state index in [-0.39, 0.29) is 5.69 Å². The molecule has 7 heteroatoms. The molecule has 0 radical (unpaired) electrons. The lowest BCUT2D eigenvalue weighted by Crippen LogP contribution is -2.24. The summed E-state index contributed by atoms with van der Waals surface area (Å²) in [6.45, 7) is 1.87. The summed E-state index contributed by atoms with van der Waals surface area (Å²) < 4.78 is 0. The van der Waals surface area contributed by atoms with Gasteiger partial charge in [-0.3, -0.25) is 10.1 Å². The van der Waals surface area contributed by atoms with Gasteiger partial charge in [-0.25, -0.2) is 9.97 Å². The predicted molar refractivity (Wildman–Crippen MR) is 80.3 cm³/mol. The maximum Gasteiger partial charge on any atom is 0.270 e. The van der Waals surface area contributed by atoms with Crippen molar-refractivity contribution in [3.8, 4) is 0 Å². The molecule has 21 heavy (non-hydrogen) atoms. The van der Waals surface area contributed by atoms with Gasteiger partial charge in [-0.2, -0.15) is 0 Å². The van der Waals surface area contributed by atoms with Crippen LogP contribution in [0.3, 0.4) is 0 Å². The van der Waals surface area contributed by atoms with Crippen LogP contribution in [0.4, 0.5) is 11.5 Å². The number of nitro groups is 1. The quantitative estimate of drug-likeness (QED) is 0.646. The third-order valence-corrected chi connectivity index (χ3v) is 3.78. The minimum atomic E-state index is -0.404. The minimum absolute atomic E-state index is 0.0535. The van der Waals surface area contributed by atoms with Crippen LogP contribution in [0.15, 0.2) is 24.5 Å². The zero-order valence-electron chi connectivity index (χ0n) is 11.6. The van der Waals surface area contributed by atoms with Crippen molar-refractivity contribution >= 4 is 22.4 Å². The molecule has 1 saturated heterocycles. The molecule has 0 unspecified atom stereocenters. The fourth-order valence-electron chi connectivity index (χ4n) is 2.67. The molecule has 7 nitrogen and oxygen atoms in total.